The largest absolute Gasteiger partial charge is 0.339 e. The first-order valence-electron chi connectivity index (χ1n) is 9.54. The first kappa shape index (κ1) is 20.2. The number of hydrogen-bond donors (Lipinski definition) is 0. The van der Waals surface area contributed by atoms with E-state index in [1.54, 1.807) is 11.9 Å². The summed E-state index contributed by atoms with van der Waals surface area (Å²) in [6, 6.07) is 3.68. The van der Waals surface area contributed by atoms with E-state index in [4.69, 9.17) is 0 Å². The van der Waals surface area contributed by atoms with Crippen LogP contribution in [0.5, 0.6) is 0 Å². The van der Waals surface area contributed by atoms with Crippen molar-refractivity contribution in [1.82, 2.24) is 28.5 Å². The molecular formula is C19H22N6O4S. The Balaban J connectivity index is 1.42. The van der Waals surface area contributed by atoms with E-state index in [1.165, 1.54) is 33.8 Å². The Morgan fingerprint density at radius 1 is 1.07 bits per heavy atom. The molecule has 3 aromatic rings. The summed E-state index contributed by atoms with van der Waals surface area (Å²) in [5.41, 5.74) is -0.450. The lowest BCUT2D eigenvalue weighted by Crippen LogP contribution is -2.50. The molecule has 0 N–H and O–H groups in total. The maximum absolute atomic E-state index is 12.8. The van der Waals surface area contributed by atoms with Gasteiger partial charge in [-0.1, -0.05) is 6.07 Å². The summed E-state index contributed by atoms with van der Waals surface area (Å²) >= 11 is 1.43. The van der Waals surface area contributed by atoms with Gasteiger partial charge in [-0.05, 0) is 11.4 Å². The molecule has 0 radical (unpaired) electrons. The highest BCUT2D eigenvalue weighted by atomic mass is 32.1. The Morgan fingerprint density at radius 3 is 2.47 bits per heavy atom. The number of aromatic nitrogens is 4. The van der Waals surface area contributed by atoms with Crippen LogP contribution in [0.1, 0.15) is 9.67 Å². The van der Waals surface area contributed by atoms with Crippen LogP contribution in [-0.2, 0) is 25.4 Å². The Labute approximate surface area is 175 Å². The Kier molecular flexibility index (Phi) is 5.39. The van der Waals surface area contributed by atoms with Crippen LogP contribution in [0.4, 0.5) is 0 Å². The molecule has 1 aliphatic heterocycles. The molecular weight excluding hydrogens is 408 g/mol. The highest BCUT2D eigenvalue weighted by molar-refractivity contribution is 7.12. The predicted molar refractivity (Wildman–Crippen MR) is 112 cm³/mol. The first-order chi connectivity index (χ1) is 14.4. The van der Waals surface area contributed by atoms with Crippen LogP contribution in [0, 0.1) is 0 Å². The number of amides is 1. The zero-order valence-corrected chi connectivity index (χ0v) is 17.6. The van der Waals surface area contributed by atoms with Crippen molar-refractivity contribution >= 4 is 34.2 Å². The average Bonchev–Trinajstić information content (AvgIpc) is 3.41. The summed E-state index contributed by atoms with van der Waals surface area (Å²) in [4.78, 5) is 58.3. The molecule has 0 spiro atoms. The number of hydrogen-bond acceptors (Lipinski definition) is 7. The topological polar surface area (TPSA) is 102 Å². The molecule has 11 heteroatoms. The fraction of sp³-hybridized carbons (Fsp3) is 0.421. The Hall–Kier alpha value is -3.05. The van der Waals surface area contributed by atoms with Gasteiger partial charge >= 0.3 is 5.69 Å². The smallest absolute Gasteiger partial charge is 0.332 e. The molecule has 1 amide bonds. The number of fused-ring (bicyclic) bond motifs is 1. The van der Waals surface area contributed by atoms with Crippen molar-refractivity contribution in [2.24, 2.45) is 14.1 Å². The lowest BCUT2D eigenvalue weighted by Gasteiger charge is -2.34. The standard InChI is InChI=1S/C19H22N6O4S/c1-21-17-16(18(28)22(2)19(21)29)25(12-20-17)11-15(27)24-7-5-23(6-8-24)10-13(26)14-4-3-9-30-14/h3-4,9,12H,5-8,10-11H2,1-2H3. The third kappa shape index (κ3) is 3.61. The van der Waals surface area contributed by atoms with Gasteiger partial charge < -0.3 is 9.47 Å². The van der Waals surface area contributed by atoms with Gasteiger partial charge in [0.15, 0.2) is 16.9 Å². The van der Waals surface area contributed by atoms with Gasteiger partial charge in [0.05, 0.1) is 17.7 Å². The maximum atomic E-state index is 12.8. The molecule has 0 unspecified atom stereocenters. The van der Waals surface area contributed by atoms with E-state index in [1.807, 2.05) is 22.4 Å². The minimum Gasteiger partial charge on any atom is -0.339 e. The quantitative estimate of drug-likeness (QED) is 0.507. The second-order valence-corrected chi connectivity index (χ2v) is 8.26. The number of aryl methyl sites for hydroxylation is 1. The van der Waals surface area contributed by atoms with Gasteiger partial charge in [-0.25, -0.2) is 9.78 Å². The van der Waals surface area contributed by atoms with Crippen molar-refractivity contribution in [1.29, 1.82) is 0 Å². The molecule has 0 aliphatic carbocycles. The second-order valence-electron chi connectivity index (χ2n) is 7.31. The summed E-state index contributed by atoms with van der Waals surface area (Å²) in [5, 5.41) is 1.88. The number of thiophene rings is 1. The van der Waals surface area contributed by atoms with Gasteiger partial charge in [-0.15, -0.1) is 11.3 Å². The van der Waals surface area contributed by atoms with Crippen LogP contribution in [0.3, 0.4) is 0 Å². The molecule has 3 aromatic heterocycles. The molecule has 4 rings (SSSR count). The predicted octanol–water partition coefficient (Wildman–Crippen LogP) is -0.478. The van der Waals surface area contributed by atoms with Crippen LogP contribution in [0.15, 0.2) is 33.4 Å². The molecule has 158 valence electrons. The normalized spacial score (nSPS) is 15.1. The van der Waals surface area contributed by atoms with Crippen molar-refractivity contribution in [3.63, 3.8) is 0 Å². The van der Waals surface area contributed by atoms with E-state index in [0.29, 0.717) is 32.7 Å². The van der Waals surface area contributed by atoms with E-state index in [2.05, 4.69) is 4.98 Å². The molecule has 4 heterocycles. The fourth-order valence-corrected chi connectivity index (χ4v) is 4.29. The third-order valence-corrected chi connectivity index (χ3v) is 6.32. The number of Topliss-reactive ketones (excluding diaryl/α,β-unsaturated/α-hetero) is 1. The number of imidazole rings is 1. The lowest BCUT2D eigenvalue weighted by molar-refractivity contribution is -0.133. The van der Waals surface area contributed by atoms with Crippen LogP contribution in [0.2, 0.25) is 0 Å². The molecule has 0 bridgehead atoms. The zero-order chi connectivity index (χ0) is 21.4. The molecule has 30 heavy (non-hydrogen) atoms. The van der Waals surface area contributed by atoms with Gasteiger partial charge in [0.2, 0.25) is 5.91 Å². The first-order valence-corrected chi connectivity index (χ1v) is 10.4. The molecule has 1 saturated heterocycles. The summed E-state index contributed by atoms with van der Waals surface area (Å²) in [5.74, 6) is -0.0365. The van der Waals surface area contributed by atoms with E-state index >= 15 is 0 Å². The minimum absolute atomic E-state index is 0.0297. The van der Waals surface area contributed by atoms with Crippen molar-refractivity contribution in [3.8, 4) is 0 Å². The van der Waals surface area contributed by atoms with Gasteiger partial charge in [0, 0.05) is 40.3 Å². The van der Waals surface area contributed by atoms with Crippen LogP contribution < -0.4 is 11.2 Å². The van der Waals surface area contributed by atoms with E-state index in [-0.39, 0.29) is 29.4 Å². The van der Waals surface area contributed by atoms with Crippen LogP contribution >= 0.6 is 11.3 Å². The van der Waals surface area contributed by atoms with Gasteiger partial charge in [0.25, 0.3) is 5.56 Å². The van der Waals surface area contributed by atoms with Gasteiger partial charge in [-0.3, -0.25) is 28.4 Å². The summed E-state index contributed by atoms with van der Waals surface area (Å²) in [6.45, 7) is 2.57. The number of piperazine rings is 1. The highest BCUT2D eigenvalue weighted by Crippen LogP contribution is 2.12. The van der Waals surface area contributed by atoms with E-state index in [0.717, 1.165) is 9.44 Å². The third-order valence-electron chi connectivity index (χ3n) is 5.41. The summed E-state index contributed by atoms with van der Waals surface area (Å²) in [6.07, 6.45) is 1.42. The Morgan fingerprint density at radius 2 is 1.80 bits per heavy atom. The number of carbonyl (C=O) groups is 2. The summed E-state index contributed by atoms with van der Waals surface area (Å²) < 4.78 is 3.79. The minimum atomic E-state index is -0.477. The van der Waals surface area contributed by atoms with Gasteiger partial charge in [-0.2, -0.15) is 0 Å². The Bertz CT molecular complexity index is 1210. The second kappa shape index (κ2) is 8.00. The zero-order valence-electron chi connectivity index (χ0n) is 16.8. The summed E-state index contributed by atoms with van der Waals surface area (Å²) in [7, 11) is 2.94. The van der Waals surface area contributed by atoms with Crippen LogP contribution in [-0.4, -0.2) is 72.9 Å². The fourth-order valence-electron chi connectivity index (χ4n) is 3.64. The molecule has 0 aromatic carbocycles. The van der Waals surface area contributed by atoms with Crippen LogP contribution in [0.25, 0.3) is 11.2 Å². The number of ketones is 1. The van der Waals surface area contributed by atoms with Crippen molar-refractivity contribution in [3.05, 3.63) is 49.6 Å². The number of nitrogens with zero attached hydrogens (tertiary/aromatic N) is 6. The number of carbonyl (C=O) groups excluding carboxylic acids is 2. The molecule has 0 atom stereocenters. The SMILES string of the molecule is Cn1c(=O)c2c(ncn2CC(=O)N2CCN(CC(=O)c3cccs3)CC2)n(C)c1=O. The molecule has 10 nitrogen and oxygen atoms in total. The number of rotatable bonds is 5. The average molecular weight is 430 g/mol. The monoisotopic (exact) mass is 430 g/mol. The van der Waals surface area contributed by atoms with E-state index in [9.17, 15) is 19.2 Å². The van der Waals surface area contributed by atoms with Crippen molar-refractivity contribution < 1.29 is 9.59 Å². The maximum Gasteiger partial charge on any atom is 0.332 e. The highest BCUT2D eigenvalue weighted by Gasteiger charge is 2.24. The van der Waals surface area contributed by atoms with E-state index < -0.39 is 11.2 Å². The van der Waals surface area contributed by atoms with Crippen molar-refractivity contribution in [2.75, 3.05) is 32.7 Å². The molecule has 0 saturated carbocycles. The lowest BCUT2D eigenvalue weighted by atomic mass is 10.2. The molecule has 1 aliphatic rings. The molecule has 1 fully saturated rings. The van der Waals surface area contributed by atoms with Gasteiger partial charge in [0.1, 0.15) is 6.54 Å². The van der Waals surface area contributed by atoms with Crippen molar-refractivity contribution in [2.45, 2.75) is 6.54 Å².